The summed E-state index contributed by atoms with van der Waals surface area (Å²) in [5.41, 5.74) is 1.30. The summed E-state index contributed by atoms with van der Waals surface area (Å²) in [6.45, 7) is 9.39. The van der Waals surface area contributed by atoms with E-state index in [0.717, 1.165) is 19.5 Å². The molecule has 0 aliphatic carbocycles. The van der Waals surface area contributed by atoms with Gasteiger partial charge in [0, 0.05) is 6.54 Å². The average Bonchev–Trinajstić information content (AvgIpc) is 2.10. The molecule has 2 heteroatoms. The normalized spacial score (nSPS) is 10.8. The fraction of sp³-hybridized carbons (Fsp3) is 0.818. The molecule has 1 N–H and O–H groups in total. The largest absolute Gasteiger partial charge is 0.313 e. The molecule has 0 aromatic rings. The molecule has 0 radical (unpaired) electrons. The van der Waals surface area contributed by atoms with Gasteiger partial charge < -0.3 is 10.2 Å². The molecule has 0 aliphatic heterocycles. The van der Waals surface area contributed by atoms with Crippen LogP contribution in [-0.4, -0.2) is 38.6 Å². The zero-order chi connectivity index (χ0) is 10.1. The van der Waals surface area contributed by atoms with E-state index in [2.05, 4.69) is 37.8 Å². The first-order valence-corrected chi connectivity index (χ1v) is 5.19. The van der Waals surface area contributed by atoms with E-state index < -0.39 is 0 Å². The fourth-order valence-electron chi connectivity index (χ4n) is 1.07. The summed E-state index contributed by atoms with van der Waals surface area (Å²) in [6.07, 6.45) is 3.62. The maximum absolute atomic E-state index is 3.95. The van der Waals surface area contributed by atoms with E-state index >= 15 is 0 Å². The van der Waals surface area contributed by atoms with Crippen LogP contribution < -0.4 is 5.32 Å². The van der Waals surface area contributed by atoms with Gasteiger partial charge in [-0.3, -0.25) is 0 Å². The van der Waals surface area contributed by atoms with Crippen LogP contribution in [0.5, 0.6) is 0 Å². The van der Waals surface area contributed by atoms with Gasteiger partial charge in [-0.15, -0.1) is 0 Å². The topological polar surface area (TPSA) is 15.3 Å². The van der Waals surface area contributed by atoms with E-state index in [1.807, 2.05) is 0 Å². The molecule has 78 valence electrons. The molecule has 0 spiro atoms. The first kappa shape index (κ1) is 12.7. The molecule has 0 saturated heterocycles. The fourth-order valence-corrected chi connectivity index (χ4v) is 1.07. The Labute approximate surface area is 83.0 Å². The van der Waals surface area contributed by atoms with Crippen LogP contribution in [0.1, 0.15) is 26.2 Å². The van der Waals surface area contributed by atoms with Gasteiger partial charge in [0.1, 0.15) is 0 Å². The van der Waals surface area contributed by atoms with Gasteiger partial charge in [-0.05, 0) is 46.4 Å². The monoisotopic (exact) mass is 184 g/mol. The summed E-state index contributed by atoms with van der Waals surface area (Å²) in [5, 5.41) is 3.39. The molecule has 0 bridgehead atoms. The molecule has 0 unspecified atom stereocenters. The first-order valence-electron chi connectivity index (χ1n) is 5.19. The molecule has 2 nitrogen and oxygen atoms in total. The minimum absolute atomic E-state index is 0.985. The van der Waals surface area contributed by atoms with E-state index in [4.69, 9.17) is 0 Å². The Morgan fingerprint density at radius 2 is 2.00 bits per heavy atom. The maximum Gasteiger partial charge on any atom is 0.0161 e. The van der Waals surface area contributed by atoms with E-state index in [9.17, 15) is 0 Å². The molecule has 0 heterocycles. The molecule has 0 fully saturated rings. The summed E-state index contributed by atoms with van der Waals surface area (Å²) in [5.74, 6) is 0. The highest BCUT2D eigenvalue weighted by Gasteiger charge is 1.92. The number of hydrogen-bond donors (Lipinski definition) is 1. The van der Waals surface area contributed by atoms with Gasteiger partial charge in [-0.2, -0.15) is 0 Å². The lowest BCUT2D eigenvalue weighted by molar-refractivity contribution is 0.392. The molecule has 0 atom stereocenters. The quantitative estimate of drug-likeness (QED) is 0.458. The van der Waals surface area contributed by atoms with Crippen LogP contribution in [0.15, 0.2) is 12.2 Å². The third-order valence-corrected chi connectivity index (χ3v) is 2.08. The van der Waals surface area contributed by atoms with Gasteiger partial charge in [-0.25, -0.2) is 0 Å². The van der Waals surface area contributed by atoms with Crippen molar-refractivity contribution >= 4 is 0 Å². The minimum Gasteiger partial charge on any atom is -0.313 e. The second kappa shape index (κ2) is 8.27. The molecule has 0 saturated carbocycles. The van der Waals surface area contributed by atoms with Crippen LogP contribution in [-0.2, 0) is 0 Å². The van der Waals surface area contributed by atoms with Crippen LogP contribution >= 0.6 is 0 Å². The van der Waals surface area contributed by atoms with Crippen molar-refractivity contribution in [2.24, 2.45) is 0 Å². The number of nitrogens with zero attached hydrogens (tertiary/aromatic N) is 1. The Morgan fingerprint density at radius 3 is 2.54 bits per heavy atom. The number of hydrogen-bond acceptors (Lipinski definition) is 2. The second-order valence-electron chi connectivity index (χ2n) is 3.79. The van der Waals surface area contributed by atoms with Crippen molar-refractivity contribution in [1.29, 1.82) is 0 Å². The summed E-state index contributed by atoms with van der Waals surface area (Å²) in [4.78, 5) is 2.23. The molecular formula is C11H24N2. The van der Waals surface area contributed by atoms with Crippen molar-refractivity contribution in [2.45, 2.75) is 26.2 Å². The van der Waals surface area contributed by atoms with Crippen molar-refractivity contribution in [3.8, 4) is 0 Å². The van der Waals surface area contributed by atoms with Crippen LogP contribution in [0.4, 0.5) is 0 Å². The van der Waals surface area contributed by atoms with Crippen LogP contribution in [0, 0.1) is 0 Å². The van der Waals surface area contributed by atoms with E-state index in [1.54, 1.807) is 0 Å². The molecule has 0 aromatic carbocycles. The number of nitrogens with one attached hydrogen (secondary N) is 1. The molecular weight excluding hydrogens is 160 g/mol. The van der Waals surface area contributed by atoms with Crippen LogP contribution in [0.25, 0.3) is 0 Å². The highest BCUT2D eigenvalue weighted by atomic mass is 15.0. The summed E-state index contributed by atoms with van der Waals surface area (Å²) >= 11 is 0. The lowest BCUT2D eigenvalue weighted by Crippen LogP contribution is -2.20. The molecule has 0 rings (SSSR count). The molecule has 0 aromatic heterocycles. The molecule has 13 heavy (non-hydrogen) atoms. The number of rotatable bonds is 8. The van der Waals surface area contributed by atoms with Gasteiger partial charge >= 0.3 is 0 Å². The predicted molar refractivity (Wildman–Crippen MR) is 60.1 cm³/mol. The zero-order valence-corrected chi connectivity index (χ0v) is 9.40. The average molecular weight is 184 g/mol. The van der Waals surface area contributed by atoms with Crippen molar-refractivity contribution in [1.82, 2.24) is 10.2 Å². The summed E-state index contributed by atoms with van der Waals surface area (Å²) in [6, 6.07) is 0. The standard InChI is InChI=1S/C11H24N2/c1-5-11(2)10-12-8-6-7-9-13(3)4/h12H,2,5-10H2,1,3-4H3. The van der Waals surface area contributed by atoms with Gasteiger partial charge in [0.15, 0.2) is 0 Å². The van der Waals surface area contributed by atoms with Crippen LogP contribution in [0.2, 0.25) is 0 Å². The third-order valence-electron chi connectivity index (χ3n) is 2.08. The smallest absolute Gasteiger partial charge is 0.0161 e. The highest BCUT2D eigenvalue weighted by Crippen LogP contribution is 1.93. The van der Waals surface area contributed by atoms with Gasteiger partial charge in [0.25, 0.3) is 0 Å². The first-order chi connectivity index (χ1) is 6.16. The Morgan fingerprint density at radius 1 is 1.31 bits per heavy atom. The summed E-state index contributed by atoms with van der Waals surface area (Å²) < 4.78 is 0. The Hall–Kier alpha value is -0.340. The third kappa shape index (κ3) is 9.57. The maximum atomic E-state index is 3.95. The molecule has 0 amide bonds. The predicted octanol–water partition coefficient (Wildman–Crippen LogP) is 1.88. The molecule has 0 aliphatic rings. The van der Waals surface area contributed by atoms with E-state index in [1.165, 1.54) is 25.0 Å². The highest BCUT2D eigenvalue weighted by molar-refractivity contribution is 4.94. The SMILES string of the molecule is C=C(CC)CNCCCCN(C)C. The van der Waals surface area contributed by atoms with Crippen molar-refractivity contribution in [2.75, 3.05) is 33.7 Å². The van der Waals surface area contributed by atoms with Crippen molar-refractivity contribution in [3.63, 3.8) is 0 Å². The Bertz CT molecular complexity index is 130. The van der Waals surface area contributed by atoms with Crippen LogP contribution in [0.3, 0.4) is 0 Å². The summed E-state index contributed by atoms with van der Waals surface area (Å²) in [7, 11) is 4.23. The van der Waals surface area contributed by atoms with Gasteiger partial charge in [-0.1, -0.05) is 19.1 Å². The lowest BCUT2D eigenvalue weighted by atomic mass is 10.2. The van der Waals surface area contributed by atoms with E-state index in [0.29, 0.717) is 0 Å². The van der Waals surface area contributed by atoms with E-state index in [-0.39, 0.29) is 0 Å². The number of unbranched alkanes of at least 4 members (excludes halogenated alkanes) is 1. The zero-order valence-electron chi connectivity index (χ0n) is 9.40. The van der Waals surface area contributed by atoms with Gasteiger partial charge in [0.05, 0.1) is 0 Å². The Kier molecular flexibility index (Phi) is 8.05. The van der Waals surface area contributed by atoms with Gasteiger partial charge in [0.2, 0.25) is 0 Å². The Balaban J connectivity index is 3.04. The van der Waals surface area contributed by atoms with Crippen molar-refractivity contribution < 1.29 is 0 Å². The minimum atomic E-state index is 0.985. The lowest BCUT2D eigenvalue weighted by Gasteiger charge is -2.09. The second-order valence-corrected chi connectivity index (χ2v) is 3.79. The van der Waals surface area contributed by atoms with Crippen molar-refractivity contribution in [3.05, 3.63) is 12.2 Å².